The molecular formula is C81H56N6Si2. The maximum Gasteiger partial charge on any atom is 0.240 e. The number of para-hydroxylation sites is 4. The highest BCUT2D eigenvalue weighted by Gasteiger charge is 2.43. The van der Waals surface area contributed by atoms with E-state index in [0.29, 0.717) is 17.7 Å². The summed E-state index contributed by atoms with van der Waals surface area (Å²) in [5.41, 5.74) is 8.25. The second kappa shape index (κ2) is 21.3. The summed E-state index contributed by atoms with van der Waals surface area (Å²) in [7, 11) is -5.89. The van der Waals surface area contributed by atoms with E-state index < -0.39 is 16.1 Å². The Bertz CT molecular complexity index is 5270. The molecule has 418 valence electrons. The van der Waals surface area contributed by atoms with Gasteiger partial charge in [-0.05, 0) is 84.0 Å². The van der Waals surface area contributed by atoms with Crippen LogP contribution in [0.15, 0.2) is 340 Å². The first kappa shape index (κ1) is 52.1. The Labute approximate surface area is 517 Å². The van der Waals surface area contributed by atoms with Crippen molar-refractivity contribution in [3.05, 3.63) is 340 Å². The lowest BCUT2D eigenvalue weighted by molar-refractivity contribution is 0.894. The van der Waals surface area contributed by atoms with Crippen LogP contribution in [0.3, 0.4) is 0 Å². The molecule has 0 saturated carbocycles. The molecular weight excluding hydrogens is 1110 g/mol. The van der Waals surface area contributed by atoms with Gasteiger partial charge < -0.3 is 4.57 Å². The molecule has 0 spiro atoms. The minimum atomic E-state index is -3.00. The normalized spacial score (nSPS) is 12.0. The topological polar surface area (TPSA) is 53.5 Å². The van der Waals surface area contributed by atoms with Crippen molar-refractivity contribution >= 4 is 123 Å². The fourth-order valence-corrected chi connectivity index (χ4v) is 24.2. The van der Waals surface area contributed by atoms with Gasteiger partial charge in [-0.15, -0.1) is 0 Å². The quantitative estimate of drug-likeness (QED) is 0.0905. The number of benzene rings is 13. The van der Waals surface area contributed by atoms with E-state index in [0.717, 1.165) is 76.7 Å². The van der Waals surface area contributed by atoms with E-state index in [1.165, 1.54) is 41.5 Å². The Balaban J connectivity index is 0.974. The highest BCUT2D eigenvalue weighted by molar-refractivity contribution is 7.20. The van der Waals surface area contributed by atoms with Crippen LogP contribution in [-0.4, -0.2) is 44.8 Å². The van der Waals surface area contributed by atoms with Gasteiger partial charge in [0.2, 0.25) is 11.9 Å². The molecule has 0 unspecified atom stereocenters. The molecule has 0 atom stereocenters. The molecule has 0 fully saturated rings. The van der Waals surface area contributed by atoms with Crippen LogP contribution in [-0.2, 0) is 0 Å². The molecule has 0 aliphatic heterocycles. The van der Waals surface area contributed by atoms with E-state index in [2.05, 4.69) is 353 Å². The summed E-state index contributed by atoms with van der Waals surface area (Å²) < 4.78 is 7.01. The van der Waals surface area contributed by atoms with Gasteiger partial charge in [-0.3, -0.25) is 9.13 Å². The average molecular weight is 1170 g/mol. The minimum Gasteiger partial charge on any atom is -0.309 e. The minimum absolute atomic E-state index is 0.523. The second-order valence-corrected chi connectivity index (χ2v) is 30.6. The summed E-state index contributed by atoms with van der Waals surface area (Å²) in [5, 5.41) is 17.1. The van der Waals surface area contributed by atoms with Crippen LogP contribution in [0.5, 0.6) is 0 Å². The molecule has 17 aromatic rings. The molecule has 0 aliphatic rings. The Morgan fingerprint density at radius 3 is 1.07 bits per heavy atom. The van der Waals surface area contributed by atoms with Gasteiger partial charge in [0.1, 0.15) is 0 Å². The largest absolute Gasteiger partial charge is 0.309 e. The highest BCUT2D eigenvalue weighted by Crippen LogP contribution is 2.42. The lowest BCUT2D eigenvalue weighted by atomic mass is 10.1. The van der Waals surface area contributed by atoms with Crippen molar-refractivity contribution in [2.75, 3.05) is 0 Å². The van der Waals surface area contributed by atoms with Gasteiger partial charge in [0.25, 0.3) is 0 Å². The van der Waals surface area contributed by atoms with Gasteiger partial charge in [-0.1, -0.05) is 297 Å². The van der Waals surface area contributed by atoms with Crippen molar-refractivity contribution in [2.24, 2.45) is 0 Å². The van der Waals surface area contributed by atoms with Gasteiger partial charge in [0.05, 0.1) is 33.1 Å². The van der Waals surface area contributed by atoms with Crippen molar-refractivity contribution in [2.45, 2.75) is 0 Å². The molecule has 0 bridgehead atoms. The Kier molecular flexibility index (Phi) is 12.5. The molecule has 0 N–H and O–H groups in total. The fourth-order valence-electron chi connectivity index (χ4n) is 14.7. The maximum absolute atomic E-state index is 5.85. The van der Waals surface area contributed by atoms with Crippen LogP contribution in [0.1, 0.15) is 0 Å². The molecule has 0 radical (unpaired) electrons. The predicted octanol–water partition coefficient (Wildman–Crippen LogP) is 13.6. The van der Waals surface area contributed by atoms with Crippen LogP contribution in [0, 0.1) is 0 Å². The first-order chi connectivity index (χ1) is 44.2. The van der Waals surface area contributed by atoms with Crippen molar-refractivity contribution in [3.8, 4) is 29.0 Å². The summed E-state index contributed by atoms with van der Waals surface area (Å²) in [6.07, 6.45) is 0. The van der Waals surface area contributed by atoms with Crippen LogP contribution in [0.4, 0.5) is 0 Å². The zero-order chi connectivity index (χ0) is 58.9. The standard InChI is InChI=1S/C81H56N6Si2/c1-8-28-58(29-9-1)85-74-47-27-24-44-71(74)77-75(85)55-54-70-68-43-23-26-46-73(68)87(78(70)77)81-83-79(57-48-50-65(51-49-57)88(59-30-10-2-11-31-59,60-32-12-3-13-33-60)61-34-14-4-15-35-61)82-80(84-81)86-72-45-25-22-42-67(72)69-53-52-66(56-76(69)86)89(62-36-16-5-17-37-62,63-38-18-6-19-39-63)64-40-20-7-21-41-64/h1-56H. The van der Waals surface area contributed by atoms with E-state index in [9.17, 15) is 0 Å². The Hall–Kier alpha value is -11.3. The Morgan fingerprint density at radius 2 is 0.573 bits per heavy atom. The van der Waals surface area contributed by atoms with Crippen LogP contribution < -0.4 is 41.5 Å². The summed E-state index contributed by atoms with van der Waals surface area (Å²) in [6.45, 7) is 0. The third-order valence-electron chi connectivity index (χ3n) is 18.4. The molecule has 89 heavy (non-hydrogen) atoms. The van der Waals surface area contributed by atoms with Crippen LogP contribution in [0.25, 0.3) is 94.4 Å². The van der Waals surface area contributed by atoms with Gasteiger partial charge in [0, 0.05) is 43.6 Å². The number of hydrogen-bond donors (Lipinski definition) is 0. The zero-order valence-corrected chi connectivity index (χ0v) is 50.5. The molecule has 6 nitrogen and oxygen atoms in total. The molecule has 13 aromatic carbocycles. The monoisotopic (exact) mass is 1170 g/mol. The van der Waals surface area contributed by atoms with Crippen molar-refractivity contribution in [3.63, 3.8) is 0 Å². The lowest BCUT2D eigenvalue weighted by Gasteiger charge is -2.34. The first-order valence-corrected chi connectivity index (χ1v) is 34.4. The Morgan fingerprint density at radius 1 is 0.225 bits per heavy atom. The lowest BCUT2D eigenvalue weighted by Crippen LogP contribution is -2.74. The molecule has 0 saturated heterocycles. The third-order valence-corrected chi connectivity index (χ3v) is 28.0. The predicted molar refractivity (Wildman–Crippen MR) is 376 cm³/mol. The average Bonchev–Trinajstić information content (AvgIpc) is 1.66. The van der Waals surface area contributed by atoms with E-state index >= 15 is 0 Å². The van der Waals surface area contributed by atoms with E-state index in [1.807, 2.05) is 0 Å². The third kappa shape index (κ3) is 8.11. The fraction of sp³-hybridized carbons (Fsp3) is 0. The molecule has 0 aliphatic carbocycles. The second-order valence-electron chi connectivity index (χ2n) is 23.0. The molecule has 8 heteroatoms. The van der Waals surface area contributed by atoms with Crippen molar-refractivity contribution < 1.29 is 0 Å². The number of rotatable bonds is 12. The van der Waals surface area contributed by atoms with Gasteiger partial charge in [-0.2, -0.15) is 15.0 Å². The summed E-state index contributed by atoms with van der Waals surface area (Å²) >= 11 is 0. The summed E-state index contributed by atoms with van der Waals surface area (Å²) in [4.78, 5) is 17.4. The molecule has 4 aromatic heterocycles. The number of hydrogen-bond acceptors (Lipinski definition) is 3. The SMILES string of the molecule is c1ccc(-n2c3ccccc3c3c2ccc2c4ccccc4n(-c4nc(-c5ccc([Si](c6ccccc6)(c6ccccc6)c6ccccc6)cc5)nc(-n5c6ccccc6c6ccc([Si](c7ccccc7)(c7ccccc7)c7ccccc7)cc65)n4)c23)cc1. The smallest absolute Gasteiger partial charge is 0.240 e. The first-order valence-electron chi connectivity index (χ1n) is 30.4. The van der Waals surface area contributed by atoms with E-state index in [1.54, 1.807) is 0 Å². The number of aromatic nitrogens is 6. The van der Waals surface area contributed by atoms with Crippen molar-refractivity contribution in [1.82, 2.24) is 28.7 Å². The van der Waals surface area contributed by atoms with Crippen LogP contribution in [0.2, 0.25) is 0 Å². The van der Waals surface area contributed by atoms with E-state index in [-0.39, 0.29) is 0 Å². The summed E-state index contributed by atoms with van der Waals surface area (Å²) in [6, 6.07) is 125. The van der Waals surface area contributed by atoms with Gasteiger partial charge in [-0.25, -0.2) is 0 Å². The zero-order valence-electron chi connectivity index (χ0n) is 48.5. The summed E-state index contributed by atoms with van der Waals surface area (Å²) in [5.74, 6) is 1.61. The molecule has 4 heterocycles. The number of fused-ring (bicyclic) bond motifs is 10. The van der Waals surface area contributed by atoms with E-state index in [4.69, 9.17) is 15.0 Å². The highest BCUT2D eigenvalue weighted by atomic mass is 28.3. The van der Waals surface area contributed by atoms with Gasteiger partial charge >= 0.3 is 0 Å². The maximum atomic E-state index is 5.85. The van der Waals surface area contributed by atoms with Crippen molar-refractivity contribution in [1.29, 1.82) is 0 Å². The molecule has 0 amide bonds. The van der Waals surface area contributed by atoms with Gasteiger partial charge in [0.15, 0.2) is 22.0 Å². The number of nitrogens with zero attached hydrogens (tertiary/aromatic N) is 6. The molecule has 17 rings (SSSR count). The van der Waals surface area contributed by atoms with Crippen LogP contribution >= 0.6 is 0 Å².